The number of hydrogen-bond acceptors (Lipinski definition) is 5. The summed E-state index contributed by atoms with van der Waals surface area (Å²) in [6.07, 6.45) is 1.62. The summed E-state index contributed by atoms with van der Waals surface area (Å²) in [5.74, 6) is 0.168. The van der Waals surface area contributed by atoms with Crippen LogP contribution in [-0.2, 0) is 23.0 Å². The van der Waals surface area contributed by atoms with Gasteiger partial charge in [0.25, 0.3) is 0 Å². The van der Waals surface area contributed by atoms with Gasteiger partial charge >= 0.3 is 5.97 Å². The Hall–Kier alpha value is -2.57. The molecule has 1 N–H and O–H groups in total. The number of hydrogen-bond donors (Lipinski definition) is 1. The molecule has 0 unspecified atom stereocenters. The molecule has 2 heterocycles. The first-order valence-electron chi connectivity index (χ1n) is 5.54. The number of aromatic nitrogens is 2. The summed E-state index contributed by atoms with van der Waals surface area (Å²) in [6.45, 7) is 0. The molecule has 0 bridgehead atoms. The third-order valence-electron chi connectivity index (χ3n) is 2.46. The molecular weight excluding hydrogens is 250 g/mol. The molecule has 0 saturated carbocycles. The molecule has 1 amide bonds. The zero-order valence-corrected chi connectivity index (χ0v) is 10.5. The van der Waals surface area contributed by atoms with E-state index in [1.807, 2.05) is 0 Å². The molecule has 0 aliphatic carbocycles. The van der Waals surface area contributed by atoms with Crippen LogP contribution in [0.1, 0.15) is 16.2 Å². The first kappa shape index (κ1) is 12.9. The molecule has 100 valence electrons. The second kappa shape index (κ2) is 5.38. The minimum Gasteiger partial charge on any atom is -0.469 e. The van der Waals surface area contributed by atoms with Crippen LogP contribution in [0, 0.1) is 0 Å². The molecular formula is C12H13N3O4. The van der Waals surface area contributed by atoms with E-state index in [-0.39, 0.29) is 18.0 Å². The summed E-state index contributed by atoms with van der Waals surface area (Å²) in [6, 6.07) is 4.87. The molecule has 0 aliphatic heterocycles. The number of rotatable bonds is 4. The van der Waals surface area contributed by atoms with Crippen molar-refractivity contribution in [1.82, 2.24) is 9.78 Å². The van der Waals surface area contributed by atoms with Crippen LogP contribution >= 0.6 is 0 Å². The molecule has 7 heteroatoms. The van der Waals surface area contributed by atoms with Gasteiger partial charge in [-0.05, 0) is 12.1 Å². The molecule has 19 heavy (non-hydrogen) atoms. The van der Waals surface area contributed by atoms with Crippen LogP contribution in [0.15, 0.2) is 28.9 Å². The SMILES string of the molecule is COC(=O)c1cc(NC(=O)Cc2ccco2)n(C)n1. The van der Waals surface area contributed by atoms with Crippen molar-refractivity contribution in [2.75, 3.05) is 12.4 Å². The molecule has 2 aromatic rings. The first-order valence-corrected chi connectivity index (χ1v) is 5.54. The van der Waals surface area contributed by atoms with Crippen LogP contribution in [0.5, 0.6) is 0 Å². The van der Waals surface area contributed by atoms with Crippen molar-refractivity contribution < 1.29 is 18.7 Å². The Kier molecular flexibility index (Phi) is 3.65. The lowest BCUT2D eigenvalue weighted by Gasteiger charge is -2.03. The van der Waals surface area contributed by atoms with Gasteiger partial charge in [0.1, 0.15) is 11.6 Å². The van der Waals surface area contributed by atoms with Crippen molar-refractivity contribution in [1.29, 1.82) is 0 Å². The van der Waals surface area contributed by atoms with Gasteiger partial charge in [-0.25, -0.2) is 4.79 Å². The van der Waals surface area contributed by atoms with E-state index in [1.54, 1.807) is 19.2 Å². The lowest BCUT2D eigenvalue weighted by atomic mass is 10.3. The minimum atomic E-state index is -0.554. The van der Waals surface area contributed by atoms with Gasteiger partial charge in [-0.2, -0.15) is 5.10 Å². The van der Waals surface area contributed by atoms with E-state index in [2.05, 4.69) is 15.2 Å². The van der Waals surface area contributed by atoms with E-state index < -0.39 is 5.97 Å². The summed E-state index contributed by atoms with van der Waals surface area (Å²) in [4.78, 5) is 23.0. The summed E-state index contributed by atoms with van der Waals surface area (Å²) in [5, 5.41) is 6.58. The largest absolute Gasteiger partial charge is 0.469 e. The van der Waals surface area contributed by atoms with Crippen molar-refractivity contribution in [2.24, 2.45) is 7.05 Å². The lowest BCUT2D eigenvalue weighted by molar-refractivity contribution is -0.115. The van der Waals surface area contributed by atoms with Gasteiger partial charge in [-0.3, -0.25) is 9.48 Å². The van der Waals surface area contributed by atoms with Crippen LogP contribution in [0.2, 0.25) is 0 Å². The van der Waals surface area contributed by atoms with Gasteiger partial charge in [0.2, 0.25) is 5.91 Å². The standard InChI is InChI=1S/C12H13N3O4/c1-15-10(7-9(14-15)12(17)18-2)13-11(16)6-8-4-3-5-19-8/h3-5,7H,6H2,1-2H3,(H,13,16). The Morgan fingerprint density at radius 2 is 2.32 bits per heavy atom. The Morgan fingerprint density at radius 3 is 2.95 bits per heavy atom. The van der Waals surface area contributed by atoms with Gasteiger partial charge < -0.3 is 14.5 Å². The van der Waals surface area contributed by atoms with E-state index >= 15 is 0 Å². The van der Waals surface area contributed by atoms with E-state index in [1.165, 1.54) is 24.1 Å². The molecule has 7 nitrogen and oxygen atoms in total. The molecule has 0 saturated heterocycles. The molecule has 0 spiro atoms. The quantitative estimate of drug-likeness (QED) is 0.831. The van der Waals surface area contributed by atoms with E-state index in [4.69, 9.17) is 4.42 Å². The second-order valence-corrected chi connectivity index (χ2v) is 3.83. The highest BCUT2D eigenvalue weighted by molar-refractivity contribution is 5.93. The molecule has 0 fully saturated rings. The number of nitrogens with zero attached hydrogens (tertiary/aromatic N) is 2. The number of carbonyl (C=O) groups is 2. The predicted octanol–water partition coefficient (Wildman–Crippen LogP) is 0.981. The number of nitrogens with one attached hydrogen (secondary N) is 1. The highest BCUT2D eigenvalue weighted by Gasteiger charge is 2.15. The summed E-state index contributed by atoms with van der Waals surface area (Å²) >= 11 is 0. The van der Waals surface area contributed by atoms with Gasteiger partial charge in [-0.15, -0.1) is 0 Å². The highest BCUT2D eigenvalue weighted by Crippen LogP contribution is 2.11. The summed E-state index contributed by atoms with van der Waals surface area (Å²) in [5.41, 5.74) is 0.137. The Balaban J connectivity index is 2.04. The maximum atomic E-state index is 11.8. The van der Waals surface area contributed by atoms with Crippen LogP contribution in [0.3, 0.4) is 0 Å². The number of anilines is 1. The minimum absolute atomic E-state index is 0.117. The molecule has 0 aromatic carbocycles. The van der Waals surface area contributed by atoms with Crippen molar-refractivity contribution in [3.8, 4) is 0 Å². The van der Waals surface area contributed by atoms with Crippen LogP contribution in [0.25, 0.3) is 0 Å². The Bertz CT molecular complexity index is 586. The fraction of sp³-hybridized carbons (Fsp3) is 0.250. The number of amides is 1. The first-order chi connectivity index (χ1) is 9.10. The van der Waals surface area contributed by atoms with E-state index in [9.17, 15) is 9.59 Å². The zero-order valence-electron chi connectivity index (χ0n) is 10.5. The van der Waals surface area contributed by atoms with Crippen molar-refractivity contribution in [2.45, 2.75) is 6.42 Å². The lowest BCUT2D eigenvalue weighted by Crippen LogP contribution is -2.16. The monoisotopic (exact) mass is 263 g/mol. The molecule has 2 aromatic heterocycles. The molecule has 0 radical (unpaired) electrons. The van der Waals surface area contributed by atoms with Gasteiger partial charge in [0, 0.05) is 13.1 Å². The van der Waals surface area contributed by atoms with Crippen LogP contribution < -0.4 is 5.32 Å². The van der Waals surface area contributed by atoms with Gasteiger partial charge in [0.15, 0.2) is 5.69 Å². The molecule has 0 atom stereocenters. The topological polar surface area (TPSA) is 86.4 Å². The maximum absolute atomic E-state index is 11.8. The number of esters is 1. The fourth-order valence-corrected chi connectivity index (χ4v) is 1.55. The van der Waals surface area contributed by atoms with Crippen molar-refractivity contribution in [3.05, 3.63) is 35.9 Å². The number of furan rings is 1. The highest BCUT2D eigenvalue weighted by atomic mass is 16.5. The number of methoxy groups -OCH3 is 1. The van der Waals surface area contributed by atoms with Crippen molar-refractivity contribution >= 4 is 17.7 Å². The average molecular weight is 263 g/mol. The average Bonchev–Trinajstić information content (AvgIpc) is 2.99. The summed E-state index contributed by atoms with van der Waals surface area (Å²) in [7, 11) is 2.89. The molecule has 0 aliphatic rings. The normalized spacial score (nSPS) is 10.2. The predicted molar refractivity (Wildman–Crippen MR) is 65.6 cm³/mol. The second-order valence-electron chi connectivity index (χ2n) is 3.83. The Labute approximate surface area is 109 Å². The molecule has 2 rings (SSSR count). The smallest absolute Gasteiger partial charge is 0.358 e. The number of carbonyl (C=O) groups excluding carboxylic acids is 2. The number of ether oxygens (including phenoxy) is 1. The number of aryl methyl sites for hydroxylation is 1. The fourth-order valence-electron chi connectivity index (χ4n) is 1.55. The van der Waals surface area contributed by atoms with Crippen molar-refractivity contribution in [3.63, 3.8) is 0 Å². The zero-order chi connectivity index (χ0) is 13.8. The van der Waals surface area contributed by atoms with Gasteiger partial charge in [0.05, 0.1) is 19.8 Å². The Morgan fingerprint density at radius 1 is 1.53 bits per heavy atom. The van der Waals surface area contributed by atoms with E-state index in [0.717, 1.165) is 0 Å². The maximum Gasteiger partial charge on any atom is 0.358 e. The van der Waals surface area contributed by atoms with Gasteiger partial charge in [-0.1, -0.05) is 0 Å². The van der Waals surface area contributed by atoms with Crippen LogP contribution in [0.4, 0.5) is 5.82 Å². The third kappa shape index (κ3) is 3.01. The van der Waals surface area contributed by atoms with E-state index in [0.29, 0.717) is 11.6 Å². The third-order valence-corrected chi connectivity index (χ3v) is 2.46. The van der Waals surface area contributed by atoms with Crippen LogP contribution in [-0.4, -0.2) is 28.8 Å². The summed E-state index contributed by atoms with van der Waals surface area (Å²) < 4.78 is 11.0.